The van der Waals surface area contributed by atoms with Gasteiger partial charge in [-0.1, -0.05) is 11.6 Å². The molecule has 2 aromatic rings. The number of nitrogens with one attached hydrogen (secondary N) is 1. The Morgan fingerprint density at radius 3 is 2.68 bits per heavy atom. The first-order valence-corrected chi connectivity index (χ1v) is 7.44. The SMILES string of the molecule is NCCCCNC(=O)c1ccc(Oc2ccncc2)c(Cl)c1. The summed E-state index contributed by atoms with van der Waals surface area (Å²) in [5, 5.41) is 3.21. The molecule has 0 aliphatic carbocycles. The van der Waals surface area contributed by atoms with Gasteiger partial charge in [0.1, 0.15) is 11.5 Å². The molecular weight excluding hydrogens is 302 g/mol. The molecule has 3 N–H and O–H groups in total. The molecule has 5 nitrogen and oxygen atoms in total. The van der Waals surface area contributed by atoms with E-state index in [1.54, 1.807) is 42.7 Å². The van der Waals surface area contributed by atoms with Crippen LogP contribution in [0.15, 0.2) is 42.7 Å². The van der Waals surface area contributed by atoms with E-state index in [1.807, 2.05) is 0 Å². The van der Waals surface area contributed by atoms with Crippen molar-refractivity contribution >= 4 is 17.5 Å². The van der Waals surface area contributed by atoms with Crippen LogP contribution in [0.3, 0.4) is 0 Å². The van der Waals surface area contributed by atoms with Gasteiger partial charge in [0, 0.05) is 24.5 Å². The lowest BCUT2D eigenvalue weighted by Gasteiger charge is -2.09. The summed E-state index contributed by atoms with van der Waals surface area (Å²) in [5.74, 6) is 0.970. The molecule has 6 heteroatoms. The number of nitrogens with zero attached hydrogens (tertiary/aromatic N) is 1. The maximum atomic E-state index is 12.0. The number of carbonyl (C=O) groups excluding carboxylic acids is 1. The fraction of sp³-hybridized carbons (Fsp3) is 0.250. The van der Waals surface area contributed by atoms with Crippen molar-refractivity contribution in [3.63, 3.8) is 0 Å². The summed E-state index contributed by atoms with van der Waals surface area (Å²) < 4.78 is 5.64. The van der Waals surface area contributed by atoms with Crippen molar-refractivity contribution < 1.29 is 9.53 Å². The van der Waals surface area contributed by atoms with Crippen LogP contribution in [0.25, 0.3) is 0 Å². The second-order valence-electron chi connectivity index (χ2n) is 4.68. The van der Waals surface area contributed by atoms with Gasteiger partial charge in [0.05, 0.1) is 5.02 Å². The summed E-state index contributed by atoms with van der Waals surface area (Å²) in [6, 6.07) is 8.41. The number of rotatable bonds is 7. The maximum absolute atomic E-state index is 12.0. The van der Waals surface area contributed by atoms with E-state index in [0.29, 0.717) is 35.2 Å². The number of amides is 1. The Morgan fingerprint density at radius 2 is 2.00 bits per heavy atom. The van der Waals surface area contributed by atoms with Gasteiger partial charge in [-0.2, -0.15) is 0 Å². The molecule has 0 bridgehead atoms. The van der Waals surface area contributed by atoms with Gasteiger partial charge in [0.2, 0.25) is 0 Å². The van der Waals surface area contributed by atoms with E-state index >= 15 is 0 Å². The van der Waals surface area contributed by atoms with Gasteiger partial charge in [-0.15, -0.1) is 0 Å². The minimum absolute atomic E-state index is 0.158. The number of carbonyl (C=O) groups is 1. The summed E-state index contributed by atoms with van der Waals surface area (Å²) in [6.07, 6.45) is 5.01. The molecule has 0 unspecified atom stereocenters. The molecule has 0 saturated heterocycles. The molecular formula is C16H18ClN3O2. The van der Waals surface area contributed by atoms with Crippen LogP contribution in [-0.4, -0.2) is 24.0 Å². The van der Waals surface area contributed by atoms with Gasteiger partial charge in [-0.3, -0.25) is 9.78 Å². The molecule has 0 aliphatic heterocycles. The third-order valence-corrected chi connectivity index (χ3v) is 3.28. The van der Waals surface area contributed by atoms with Gasteiger partial charge in [-0.25, -0.2) is 0 Å². The third-order valence-electron chi connectivity index (χ3n) is 2.99. The Labute approximate surface area is 134 Å². The molecule has 116 valence electrons. The molecule has 22 heavy (non-hydrogen) atoms. The zero-order chi connectivity index (χ0) is 15.8. The summed E-state index contributed by atoms with van der Waals surface area (Å²) in [6.45, 7) is 1.23. The average molecular weight is 320 g/mol. The van der Waals surface area contributed by atoms with E-state index in [1.165, 1.54) is 0 Å². The lowest BCUT2D eigenvalue weighted by Crippen LogP contribution is -2.24. The number of nitrogens with two attached hydrogens (primary N) is 1. The molecule has 1 heterocycles. The third kappa shape index (κ3) is 4.72. The average Bonchev–Trinajstić information content (AvgIpc) is 2.54. The first-order chi connectivity index (χ1) is 10.7. The number of aromatic nitrogens is 1. The van der Waals surface area contributed by atoms with Gasteiger partial charge in [0.25, 0.3) is 5.91 Å². The highest BCUT2D eigenvalue weighted by molar-refractivity contribution is 6.32. The molecule has 0 aliphatic rings. The summed E-state index contributed by atoms with van der Waals surface area (Å²) in [7, 11) is 0. The molecule has 2 rings (SSSR count). The molecule has 0 saturated carbocycles. The molecule has 0 atom stereocenters. The molecule has 1 aromatic carbocycles. The van der Waals surface area contributed by atoms with Crippen molar-refractivity contribution in [3.05, 3.63) is 53.3 Å². The summed E-state index contributed by atoms with van der Waals surface area (Å²) >= 11 is 6.17. The fourth-order valence-corrected chi connectivity index (χ4v) is 2.05. The molecule has 0 fully saturated rings. The number of hydrogen-bond donors (Lipinski definition) is 2. The van der Waals surface area contributed by atoms with Crippen LogP contribution >= 0.6 is 11.6 Å². The minimum Gasteiger partial charge on any atom is -0.456 e. The van der Waals surface area contributed by atoms with Crippen LogP contribution in [0.1, 0.15) is 23.2 Å². The number of unbranched alkanes of at least 4 members (excludes halogenated alkanes) is 1. The Kier molecular flexibility index (Phi) is 6.18. The molecule has 1 aromatic heterocycles. The van der Waals surface area contributed by atoms with Crippen molar-refractivity contribution in [3.8, 4) is 11.5 Å². The van der Waals surface area contributed by atoms with Gasteiger partial charge >= 0.3 is 0 Å². The number of benzene rings is 1. The normalized spacial score (nSPS) is 10.3. The van der Waals surface area contributed by atoms with Crippen molar-refractivity contribution in [2.75, 3.05) is 13.1 Å². The number of halogens is 1. The van der Waals surface area contributed by atoms with E-state index in [4.69, 9.17) is 22.1 Å². The first-order valence-electron chi connectivity index (χ1n) is 7.06. The Bertz CT molecular complexity index is 620. The van der Waals surface area contributed by atoms with Crippen molar-refractivity contribution in [2.24, 2.45) is 5.73 Å². The fourth-order valence-electron chi connectivity index (χ4n) is 1.83. The predicted molar refractivity (Wildman–Crippen MR) is 86.4 cm³/mol. The topological polar surface area (TPSA) is 77.2 Å². The van der Waals surface area contributed by atoms with Gasteiger partial charge < -0.3 is 15.8 Å². The largest absolute Gasteiger partial charge is 0.456 e. The summed E-state index contributed by atoms with van der Waals surface area (Å²) in [4.78, 5) is 15.9. The van der Waals surface area contributed by atoms with Crippen LogP contribution in [0.2, 0.25) is 5.02 Å². The van der Waals surface area contributed by atoms with Crippen LogP contribution in [0.4, 0.5) is 0 Å². The number of hydrogen-bond acceptors (Lipinski definition) is 4. The van der Waals surface area contributed by atoms with Gasteiger partial charge in [0.15, 0.2) is 0 Å². The summed E-state index contributed by atoms with van der Waals surface area (Å²) in [5.41, 5.74) is 5.91. The highest BCUT2D eigenvalue weighted by atomic mass is 35.5. The van der Waals surface area contributed by atoms with Crippen LogP contribution in [-0.2, 0) is 0 Å². The zero-order valence-electron chi connectivity index (χ0n) is 12.1. The van der Waals surface area contributed by atoms with Crippen molar-refractivity contribution in [2.45, 2.75) is 12.8 Å². The second kappa shape index (κ2) is 8.36. The lowest BCUT2D eigenvalue weighted by molar-refractivity contribution is 0.0953. The highest BCUT2D eigenvalue weighted by Gasteiger charge is 2.09. The Morgan fingerprint density at radius 1 is 1.23 bits per heavy atom. The van der Waals surface area contributed by atoms with E-state index in [2.05, 4.69) is 10.3 Å². The minimum atomic E-state index is -0.158. The second-order valence-corrected chi connectivity index (χ2v) is 5.09. The van der Waals surface area contributed by atoms with Crippen LogP contribution in [0, 0.1) is 0 Å². The Balaban J connectivity index is 1.98. The monoisotopic (exact) mass is 319 g/mol. The van der Waals surface area contributed by atoms with Crippen molar-refractivity contribution in [1.29, 1.82) is 0 Å². The number of ether oxygens (including phenoxy) is 1. The number of pyridine rings is 1. The molecule has 0 radical (unpaired) electrons. The van der Waals surface area contributed by atoms with E-state index in [-0.39, 0.29) is 5.91 Å². The van der Waals surface area contributed by atoms with Crippen molar-refractivity contribution in [1.82, 2.24) is 10.3 Å². The Hall–Kier alpha value is -2.11. The zero-order valence-corrected chi connectivity index (χ0v) is 12.8. The van der Waals surface area contributed by atoms with E-state index in [9.17, 15) is 4.79 Å². The highest BCUT2D eigenvalue weighted by Crippen LogP contribution is 2.29. The quantitative estimate of drug-likeness (QED) is 0.769. The maximum Gasteiger partial charge on any atom is 0.251 e. The first kappa shape index (κ1) is 16.3. The van der Waals surface area contributed by atoms with Crippen LogP contribution in [0.5, 0.6) is 11.5 Å². The smallest absolute Gasteiger partial charge is 0.251 e. The van der Waals surface area contributed by atoms with E-state index in [0.717, 1.165) is 12.8 Å². The van der Waals surface area contributed by atoms with Gasteiger partial charge in [-0.05, 0) is 49.7 Å². The lowest BCUT2D eigenvalue weighted by atomic mass is 10.2. The van der Waals surface area contributed by atoms with E-state index < -0.39 is 0 Å². The standard InChI is InChI=1S/C16H18ClN3O2/c17-14-11-12(16(21)20-8-2-1-7-18)3-4-15(14)22-13-5-9-19-10-6-13/h3-6,9-11H,1-2,7-8,18H2,(H,20,21). The molecule has 1 amide bonds. The van der Waals surface area contributed by atoms with Crippen LogP contribution < -0.4 is 15.8 Å². The predicted octanol–water partition coefficient (Wildman–Crippen LogP) is 3.00. The molecule has 0 spiro atoms.